The maximum atomic E-state index is 11.9. The fourth-order valence-electron chi connectivity index (χ4n) is 1.86. The van der Waals surface area contributed by atoms with E-state index in [-0.39, 0.29) is 11.9 Å². The molecular weight excluding hydrogens is 252 g/mol. The summed E-state index contributed by atoms with van der Waals surface area (Å²) in [6.45, 7) is 4.84. The number of benzene rings is 1. The van der Waals surface area contributed by atoms with Gasteiger partial charge in [0.2, 0.25) is 5.91 Å². The summed E-state index contributed by atoms with van der Waals surface area (Å²) in [6, 6.07) is 13.4. The fourth-order valence-corrected chi connectivity index (χ4v) is 1.86. The molecule has 4 nitrogen and oxygen atoms in total. The molecule has 0 spiro atoms. The number of hydrogen-bond donors (Lipinski definition) is 2. The Kier molecular flexibility index (Phi) is 4.96. The average molecular weight is 272 g/mol. The predicted molar refractivity (Wildman–Crippen MR) is 78.0 cm³/mol. The van der Waals surface area contributed by atoms with E-state index in [2.05, 4.69) is 10.6 Å². The van der Waals surface area contributed by atoms with E-state index in [0.29, 0.717) is 13.1 Å². The van der Waals surface area contributed by atoms with Crippen molar-refractivity contribution in [3.05, 3.63) is 59.5 Å². The number of amides is 1. The van der Waals surface area contributed by atoms with Crippen LogP contribution in [-0.4, -0.2) is 11.9 Å². The Morgan fingerprint density at radius 3 is 2.55 bits per heavy atom. The lowest BCUT2D eigenvalue weighted by Crippen LogP contribution is -2.41. The highest BCUT2D eigenvalue weighted by Crippen LogP contribution is 2.05. The second-order valence-electron chi connectivity index (χ2n) is 4.82. The van der Waals surface area contributed by atoms with E-state index in [1.165, 1.54) is 0 Å². The molecule has 1 heterocycles. The van der Waals surface area contributed by atoms with E-state index in [1.54, 1.807) is 0 Å². The molecule has 4 heteroatoms. The molecule has 2 rings (SSSR count). The number of rotatable bonds is 6. The molecule has 1 aromatic carbocycles. The van der Waals surface area contributed by atoms with Crippen LogP contribution in [0.3, 0.4) is 0 Å². The summed E-state index contributed by atoms with van der Waals surface area (Å²) < 4.78 is 5.45. The molecule has 0 saturated heterocycles. The maximum Gasteiger partial charge on any atom is 0.237 e. The van der Waals surface area contributed by atoms with Gasteiger partial charge in [0.25, 0.3) is 0 Å². The third kappa shape index (κ3) is 4.24. The van der Waals surface area contributed by atoms with Crippen molar-refractivity contribution in [3.8, 4) is 0 Å². The molecule has 0 radical (unpaired) electrons. The monoisotopic (exact) mass is 272 g/mol. The Labute approximate surface area is 119 Å². The minimum Gasteiger partial charge on any atom is -0.465 e. The van der Waals surface area contributed by atoms with Crippen molar-refractivity contribution >= 4 is 5.91 Å². The van der Waals surface area contributed by atoms with E-state index in [1.807, 2.05) is 56.3 Å². The zero-order valence-corrected chi connectivity index (χ0v) is 11.8. The number of carbonyl (C=O) groups is 1. The first kappa shape index (κ1) is 14.3. The second-order valence-corrected chi connectivity index (χ2v) is 4.82. The molecule has 20 heavy (non-hydrogen) atoms. The van der Waals surface area contributed by atoms with E-state index in [0.717, 1.165) is 17.1 Å². The van der Waals surface area contributed by atoms with Gasteiger partial charge in [-0.2, -0.15) is 0 Å². The van der Waals surface area contributed by atoms with Crippen molar-refractivity contribution in [1.82, 2.24) is 10.6 Å². The molecule has 0 aliphatic rings. The van der Waals surface area contributed by atoms with Gasteiger partial charge in [-0.15, -0.1) is 0 Å². The minimum atomic E-state index is -0.260. The molecule has 1 amide bonds. The largest absolute Gasteiger partial charge is 0.465 e. The Hall–Kier alpha value is -2.07. The van der Waals surface area contributed by atoms with Crippen molar-refractivity contribution in [1.29, 1.82) is 0 Å². The summed E-state index contributed by atoms with van der Waals surface area (Å²) in [5.74, 6) is 1.70. The van der Waals surface area contributed by atoms with E-state index < -0.39 is 0 Å². The molecule has 0 fully saturated rings. The number of carbonyl (C=O) groups excluding carboxylic acids is 1. The van der Waals surface area contributed by atoms with E-state index in [4.69, 9.17) is 4.42 Å². The van der Waals surface area contributed by atoms with Crippen molar-refractivity contribution in [2.45, 2.75) is 33.0 Å². The van der Waals surface area contributed by atoms with Crippen LogP contribution in [0.15, 0.2) is 46.9 Å². The molecule has 1 unspecified atom stereocenters. The van der Waals surface area contributed by atoms with Crippen LogP contribution >= 0.6 is 0 Å². The molecule has 0 aliphatic heterocycles. The smallest absolute Gasteiger partial charge is 0.237 e. The van der Waals surface area contributed by atoms with Gasteiger partial charge in [-0.1, -0.05) is 30.3 Å². The van der Waals surface area contributed by atoms with E-state index in [9.17, 15) is 4.79 Å². The molecule has 0 bridgehead atoms. The van der Waals surface area contributed by atoms with Gasteiger partial charge in [0, 0.05) is 6.54 Å². The average Bonchev–Trinajstić information content (AvgIpc) is 2.89. The Morgan fingerprint density at radius 1 is 1.15 bits per heavy atom. The van der Waals surface area contributed by atoms with Crippen LogP contribution in [0.1, 0.15) is 24.0 Å². The topological polar surface area (TPSA) is 54.3 Å². The second kappa shape index (κ2) is 6.91. The molecule has 2 N–H and O–H groups in total. The third-order valence-electron chi connectivity index (χ3n) is 3.08. The highest BCUT2D eigenvalue weighted by atomic mass is 16.3. The first-order valence-corrected chi connectivity index (χ1v) is 6.75. The molecule has 106 valence electrons. The van der Waals surface area contributed by atoms with Crippen molar-refractivity contribution in [2.24, 2.45) is 0 Å². The summed E-state index contributed by atoms with van der Waals surface area (Å²) in [4.78, 5) is 11.9. The van der Waals surface area contributed by atoms with Crippen LogP contribution in [0, 0.1) is 6.92 Å². The number of furan rings is 1. The highest BCUT2D eigenvalue weighted by Gasteiger charge is 2.12. The van der Waals surface area contributed by atoms with Crippen LogP contribution in [0.25, 0.3) is 0 Å². The molecule has 2 aromatic rings. The minimum absolute atomic E-state index is 0.0165. The predicted octanol–water partition coefficient (Wildman–Crippen LogP) is 2.38. The van der Waals surface area contributed by atoms with Gasteiger partial charge in [0.15, 0.2) is 0 Å². The standard InChI is InChI=1S/C16H20N2O2/c1-12-8-9-15(20-12)11-17-13(2)16(19)18-10-14-6-4-3-5-7-14/h3-9,13,17H,10-11H2,1-2H3,(H,18,19). The summed E-state index contributed by atoms with van der Waals surface area (Å²) in [7, 11) is 0. The van der Waals surface area contributed by atoms with Crippen molar-refractivity contribution in [3.63, 3.8) is 0 Å². The van der Waals surface area contributed by atoms with Crippen molar-refractivity contribution < 1.29 is 9.21 Å². The summed E-state index contributed by atoms with van der Waals surface area (Å²) in [5, 5.41) is 6.05. The highest BCUT2D eigenvalue weighted by molar-refractivity contribution is 5.81. The first-order valence-electron chi connectivity index (χ1n) is 6.75. The van der Waals surface area contributed by atoms with Gasteiger partial charge in [-0.3, -0.25) is 10.1 Å². The third-order valence-corrected chi connectivity index (χ3v) is 3.08. The molecular formula is C16H20N2O2. The summed E-state index contributed by atoms with van der Waals surface area (Å²) in [5.41, 5.74) is 1.09. The lowest BCUT2D eigenvalue weighted by atomic mass is 10.2. The Balaban J connectivity index is 1.74. The molecule has 1 aromatic heterocycles. The summed E-state index contributed by atoms with van der Waals surface area (Å²) in [6.07, 6.45) is 0. The van der Waals surface area contributed by atoms with Gasteiger partial charge in [0.05, 0.1) is 12.6 Å². The molecule has 1 atom stereocenters. The fraction of sp³-hybridized carbons (Fsp3) is 0.312. The molecule has 0 saturated carbocycles. The van der Waals surface area contributed by atoms with Crippen LogP contribution in [0.4, 0.5) is 0 Å². The van der Waals surface area contributed by atoms with Crippen molar-refractivity contribution in [2.75, 3.05) is 0 Å². The van der Waals surface area contributed by atoms with Crippen LogP contribution in [0.2, 0.25) is 0 Å². The van der Waals surface area contributed by atoms with Crippen LogP contribution in [0.5, 0.6) is 0 Å². The van der Waals surface area contributed by atoms with Gasteiger partial charge in [-0.25, -0.2) is 0 Å². The van der Waals surface area contributed by atoms with Crippen LogP contribution in [-0.2, 0) is 17.9 Å². The summed E-state index contributed by atoms with van der Waals surface area (Å²) >= 11 is 0. The van der Waals surface area contributed by atoms with Crippen LogP contribution < -0.4 is 10.6 Å². The Morgan fingerprint density at radius 2 is 1.90 bits per heavy atom. The van der Waals surface area contributed by atoms with E-state index >= 15 is 0 Å². The zero-order chi connectivity index (χ0) is 14.4. The quantitative estimate of drug-likeness (QED) is 0.849. The number of aryl methyl sites for hydroxylation is 1. The lowest BCUT2D eigenvalue weighted by molar-refractivity contribution is -0.122. The van der Waals surface area contributed by atoms with Gasteiger partial charge >= 0.3 is 0 Å². The lowest BCUT2D eigenvalue weighted by Gasteiger charge is -2.13. The number of hydrogen-bond acceptors (Lipinski definition) is 3. The van der Waals surface area contributed by atoms with Gasteiger partial charge in [0.1, 0.15) is 11.5 Å². The first-order chi connectivity index (χ1) is 9.65. The normalized spacial score (nSPS) is 12.1. The molecule has 0 aliphatic carbocycles. The van der Waals surface area contributed by atoms with Gasteiger partial charge in [-0.05, 0) is 31.5 Å². The zero-order valence-electron chi connectivity index (χ0n) is 11.8. The number of nitrogens with one attached hydrogen (secondary N) is 2. The van der Waals surface area contributed by atoms with Gasteiger partial charge < -0.3 is 9.73 Å². The maximum absolute atomic E-state index is 11.9. The SMILES string of the molecule is Cc1ccc(CNC(C)C(=O)NCc2ccccc2)o1. The Bertz CT molecular complexity index is 549.